The highest BCUT2D eigenvalue weighted by molar-refractivity contribution is 4.89. The largest absolute Gasteiger partial charge is 0.396 e. The maximum atomic E-state index is 8.84. The maximum absolute atomic E-state index is 8.84. The third-order valence-electron chi connectivity index (χ3n) is 1.99. The Balaban J connectivity index is 2.56. The van der Waals surface area contributed by atoms with Gasteiger partial charge in [0.2, 0.25) is 0 Å². The minimum Gasteiger partial charge on any atom is -0.396 e. The van der Waals surface area contributed by atoms with Crippen molar-refractivity contribution >= 4 is 0 Å². The molecule has 1 rings (SSSR count). The minimum absolute atomic E-state index is 0.00231. The predicted molar refractivity (Wildman–Crippen MR) is 34.0 cm³/mol. The lowest BCUT2D eigenvalue weighted by molar-refractivity contribution is 0.103. The topological polar surface area (TPSA) is 55.5 Å². The molecule has 1 heterocycles. The van der Waals surface area contributed by atoms with Gasteiger partial charge >= 0.3 is 0 Å². The number of ether oxygens (including phenoxy) is 1. The summed E-state index contributed by atoms with van der Waals surface area (Å²) in [5, 5.41) is 8.84. The summed E-state index contributed by atoms with van der Waals surface area (Å²) in [6, 6.07) is 0.00231. The number of aliphatic hydroxyl groups is 1. The van der Waals surface area contributed by atoms with Gasteiger partial charge in [-0.05, 0) is 0 Å². The third kappa shape index (κ3) is 1.08. The number of hydrogen-bond acceptors (Lipinski definition) is 3. The number of rotatable bonds is 1. The Morgan fingerprint density at radius 1 is 1.89 bits per heavy atom. The molecular weight excluding hydrogens is 118 g/mol. The molecule has 2 atom stereocenters. The lowest BCUT2D eigenvalue weighted by Gasteiger charge is -2.22. The third-order valence-corrected chi connectivity index (χ3v) is 1.99. The molecule has 54 valence electrons. The zero-order valence-electron chi connectivity index (χ0n) is 5.63. The molecule has 0 bridgehead atoms. The van der Waals surface area contributed by atoms with Gasteiger partial charge in [-0.15, -0.1) is 0 Å². The lowest BCUT2D eigenvalue weighted by Crippen LogP contribution is -2.40. The van der Waals surface area contributed by atoms with Crippen molar-refractivity contribution in [1.29, 1.82) is 0 Å². The SMILES string of the molecule is CC1(CO)COCC1N. The van der Waals surface area contributed by atoms with Crippen molar-refractivity contribution in [3.63, 3.8) is 0 Å². The van der Waals surface area contributed by atoms with Gasteiger partial charge in [-0.2, -0.15) is 0 Å². The van der Waals surface area contributed by atoms with E-state index in [2.05, 4.69) is 0 Å². The van der Waals surface area contributed by atoms with Crippen LogP contribution in [0.1, 0.15) is 6.92 Å². The van der Waals surface area contributed by atoms with Crippen molar-refractivity contribution in [3.05, 3.63) is 0 Å². The molecule has 0 radical (unpaired) electrons. The molecule has 0 spiro atoms. The van der Waals surface area contributed by atoms with Gasteiger partial charge in [-0.25, -0.2) is 0 Å². The molecule has 3 N–H and O–H groups in total. The molecule has 2 unspecified atom stereocenters. The van der Waals surface area contributed by atoms with Crippen LogP contribution in [0.15, 0.2) is 0 Å². The molecule has 0 aromatic heterocycles. The fourth-order valence-corrected chi connectivity index (χ4v) is 0.890. The summed E-state index contributed by atoms with van der Waals surface area (Å²) < 4.78 is 5.08. The van der Waals surface area contributed by atoms with E-state index in [1.165, 1.54) is 0 Å². The smallest absolute Gasteiger partial charge is 0.0624 e. The maximum Gasteiger partial charge on any atom is 0.0624 e. The average molecular weight is 131 g/mol. The summed E-state index contributed by atoms with van der Waals surface area (Å²) in [6.07, 6.45) is 0. The van der Waals surface area contributed by atoms with E-state index in [0.29, 0.717) is 13.2 Å². The average Bonchev–Trinajstić information content (AvgIpc) is 2.15. The van der Waals surface area contributed by atoms with Gasteiger partial charge in [0.05, 0.1) is 19.8 Å². The Morgan fingerprint density at radius 3 is 2.78 bits per heavy atom. The number of nitrogens with two attached hydrogens (primary N) is 1. The second-order valence-corrected chi connectivity index (χ2v) is 2.93. The summed E-state index contributed by atoms with van der Waals surface area (Å²) in [6.45, 7) is 3.22. The molecule has 0 amide bonds. The van der Waals surface area contributed by atoms with Gasteiger partial charge in [0.25, 0.3) is 0 Å². The predicted octanol–water partition coefficient (Wildman–Crippen LogP) is -0.658. The molecule has 0 aromatic rings. The van der Waals surface area contributed by atoms with E-state index in [1.54, 1.807) is 0 Å². The van der Waals surface area contributed by atoms with Crippen molar-refractivity contribution in [2.75, 3.05) is 19.8 Å². The fraction of sp³-hybridized carbons (Fsp3) is 1.00. The van der Waals surface area contributed by atoms with Crippen molar-refractivity contribution in [2.24, 2.45) is 11.1 Å². The van der Waals surface area contributed by atoms with Crippen LogP contribution in [-0.4, -0.2) is 31.0 Å². The zero-order valence-corrected chi connectivity index (χ0v) is 5.63. The first kappa shape index (κ1) is 6.99. The highest BCUT2D eigenvalue weighted by Gasteiger charge is 2.36. The molecule has 3 nitrogen and oxygen atoms in total. The Kier molecular flexibility index (Phi) is 1.75. The normalized spacial score (nSPS) is 43.7. The van der Waals surface area contributed by atoms with Crippen LogP contribution >= 0.6 is 0 Å². The molecule has 0 aromatic carbocycles. The highest BCUT2D eigenvalue weighted by atomic mass is 16.5. The first-order valence-corrected chi connectivity index (χ1v) is 3.13. The van der Waals surface area contributed by atoms with E-state index in [0.717, 1.165) is 0 Å². The van der Waals surface area contributed by atoms with Crippen LogP contribution in [-0.2, 0) is 4.74 Å². The molecular formula is C6H13NO2. The van der Waals surface area contributed by atoms with Crippen molar-refractivity contribution < 1.29 is 9.84 Å². The highest BCUT2D eigenvalue weighted by Crippen LogP contribution is 2.25. The Morgan fingerprint density at radius 2 is 2.56 bits per heavy atom. The van der Waals surface area contributed by atoms with Crippen molar-refractivity contribution in [3.8, 4) is 0 Å². The molecule has 1 fully saturated rings. The first-order chi connectivity index (χ1) is 4.19. The Hall–Kier alpha value is -0.120. The number of aliphatic hydroxyl groups excluding tert-OH is 1. The molecule has 1 saturated heterocycles. The monoisotopic (exact) mass is 131 g/mol. The van der Waals surface area contributed by atoms with Crippen molar-refractivity contribution in [2.45, 2.75) is 13.0 Å². The van der Waals surface area contributed by atoms with Crippen LogP contribution in [0.2, 0.25) is 0 Å². The van der Waals surface area contributed by atoms with E-state index in [4.69, 9.17) is 15.6 Å². The lowest BCUT2D eigenvalue weighted by atomic mass is 9.87. The summed E-state index contributed by atoms with van der Waals surface area (Å²) in [4.78, 5) is 0. The van der Waals surface area contributed by atoms with Crippen LogP contribution < -0.4 is 5.73 Å². The standard InChI is InChI=1S/C6H13NO2/c1-6(3-8)4-9-2-5(6)7/h5,8H,2-4,7H2,1H3. The Bertz CT molecular complexity index is 107. The van der Waals surface area contributed by atoms with E-state index in [1.807, 2.05) is 6.92 Å². The quantitative estimate of drug-likeness (QED) is 0.497. The van der Waals surface area contributed by atoms with Gasteiger partial charge < -0.3 is 15.6 Å². The molecule has 1 aliphatic heterocycles. The summed E-state index contributed by atoms with van der Waals surface area (Å²) in [5.41, 5.74) is 5.44. The summed E-state index contributed by atoms with van der Waals surface area (Å²) in [5.74, 6) is 0. The van der Waals surface area contributed by atoms with Crippen LogP contribution in [0, 0.1) is 5.41 Å². The first-order valence-electron chi connectivity index (χ1n) is 3.13. The molecule has 9 heavy (non-hydrogen) atoms. The fourth-order valence-electron chi connectivity index (χ4n) is 0.890. The van der Waals surface area contributed by atoms with Gasteiger partial charge in [0, 0.05) is 11.5 Å². The van der Waals surface area contributed by atoms with Gasteiger partial charge in [0.15, 0.2) is 0 Å². The van der Waals surface area contributed by atoms with Crippen LogP contribution in [0.4, 0.5) is 0 Å². The van der Waals surface area contributed by atoms with E-state index >= 15 is 0 Å². The second-order valence-electron chi connectivity index (χ2n) is 2.93. The minimum atomic E-state index is -0.194. The van der Waals surface area contributed by atoms with Crippen LogP contribution in [0.3, 0.4) is 0 Å². The summed E-state index contributed by atoms with van der Waals surface area (Å²) in [7, 11) is 0. The van der Waals surface area contributed by atoms with E-state index < -0.39 is 0 Å². The van der Waals surface area contributed by atoms with Crippen molar-refractivity contribution in [1.82, 2.24) is 0 Å². The molecule has 0 aliphatic carbocycles. The molecule has 1 aliphatic rings. The molecule has 0 saturated carbocycles. The Labute approximate surface area is 54.8 Å². The van der Waals surface area contributed by atoms with E-state index in [9.17, 15) is 0 Å². The van der Waals surface area contributed by atoms with Crippen LogP contribution in [0.25, 0.3) is 0 Å². The van der Waals surface area contributed by atoms with Gasteiger partial charge in [-0.3, -0.25) is 0 Å². The number of hydrogen-bond donors (Lipinski definition) is 2. The van der Waals surface area contributed by atoms with E-state index in [-0.39, 0.29) is 18.1 Å². The van der Waals surface area contributed by atoms with Gasteiger partial charge in [-0.1, -0.05) is 6.92 Å². The van der Waals surface area contributed by atoms with Crippen LogP contribution in [0.5, 0.6) is 0 Å². The zero-order chi connectivity index (χ0) is 6.91. The second kappa shape index (κ2) is 2.25. The summed E-state index contributed by atoms with van der Waals surface area (Å²) >= 11 is 0. The van der Waals surface area contributed by atoms with Gasteiger partial charge in [0.1, 0.15) is 0 Å². The molecule has 3 heteroatoms.